The molecular formula is C10H6ClF3N2O. The van der Waals surface area contributed by atoms with Gasteiger partial charge in [0.15, 0.2) is 0 Å². The van der Waals surface area contributed by atoms with Crippen LogP contribution in [0.3, 0.4) is 0 Å². The SMILES string of the molecule is O/C=C(\Cl)c1ccc(C2(C(F)(F)F)N=N2)cc1. The minimum absolute atomic E-state index is 0.0438. The normalized spacial score (nSPS) is 18.2. The van der Waals surface area contributed by atoms with Gasteiger partial charge in [0.1, 0.15) is 0 Å². The van der Waals surface area contributed by atoms with Gasteiger partial charge >= 0.3 is 11.8 Å². The summed E-state index contributed by atoms with van der Waals surface area (Å²) in [6, 6.07) is 5.19. The number of nitrogens with zero attached hydrogens (tertiary/aromatic N) is 2. The predicted molar refractivity (Wildman–Crippen MR) is 55.5 cm³/mol. The molecule has 90 valence electrons. The molecule has 0 aromatic heterocycles. The Balaban J connectivity index is 2.32. The molecule has 0 radical (unpaired) electrons. The van der Waals surface area contributed by atoms with Crippen molar-refractivity contribution in [1.82, 2.24) is 0 Å². The van der Waals surface area contributed by atoms with Crippen LogP contribution in [-0.4, -0.2) is 11.3 Å². The van der Waals surface area contributed by atoms with Crippen molar-refractivity contribution in [1.29, 1.82) is 0 Å². The van der Waals surface area contributed by atoms with Crippen molar-refractivity contribution in [2.45, 2.75) is 11.8 Å². The Morgan fingerprint density at radius 3 is 2.12 bits per heavy atom. The summed E-state index contributed by atoms with van der Waals surface area (Å²) in [5.74, 6) is 0. The first kappa shape index (κ1) is 11.9. The Bertz CT molecular complexity index is 487. The van der Waals surface area contributed by atoms with Crippen LogP contribution in [0.5, 0.6) is 0 Å². The van der Waals surface area contributed by atoms with Gasteiger partial charge in [-0.05, 0) is 5.56 Å². The first-order valence-electron chi connectivity index (χ1n) is 4.52. The first-order chi connectivity index (χ1) is 7.90. The third kappa shape index (κ3) is 1.88. The van der Waals surface area contributed by atoms with Gasteiger partial charge in [-0.2, -0.15) is 13.2 Å². The Morgan fingerprint density at radius 1 is 1.24 bits per heavy atom. The van der Waals surface area contributed by atoms with Crippen molar-refractivity contribution in [3.05, 3.63) is 41.7 Å². The maximum atomic E-state index is 12.6. The number of rotatable bonds is 2. The summed E-state index contributed by atoms with van der Waals surface area (Å²) in [6.45, 7) is 0. The average molecular weight is 263 g/mol. The highest BCUT2D eigenvalue weighted by Gasteiger charge is 2.65. The van der Waals surface area contributed by atoms with Crippen molar-refractivity contribution in [3.8, 4) is 0 Å². The molecule has 0 fully saturated rings. The number of aliphatic hydroxyl groups is 1. The van der Waals surface area contributed by atoms with Crippen LogP contribution in [0.4, 0.5) is 13.2 Å². The summed E-state index contributed by atoms with van der Waals surface area (Å²) in [4.78, 5) is 0. The topological polar surface area (TPSA) is 45.0 Å². The Kier molecular flexibility index (Phi) is 2.61. The molecule has 0 atom stereocenters. The lowest BCUT2D eigenvalue weighted by molar-refractivity contribution is -0.166. The molecule has 1 aromatic carbocycles. The molecular weight excluding hydrogens is 257 g/mol. The van der Waals surface area contributed by atoms with E-state index in [1.54, 1.807) is 0 Å². The van der Waals surface area contributed by atoms with Gasteiger partial charge in [0.25, 0.3) is 0 Å². The van der Waals surface area contributed by atoms with E-state index in [-0.39, 0.29) is 10.6 Å². The van der Waals surface area contributed by atoms with Crippen molar-refractivity contribution in [2.24, 2.45) is 10.2 Å². The Labute approximate surface area is 99.2 Å². The number of benzene rings is 1. The fourth-order valence-electron chi connectivity index (χ4n) is 1.38. The van der Waals surface area contributed by atoms with Gasteiger partial charge in [-0.15, -0.1) is 10.2 Å². The molecule has 2 rings (SSSR count). The highest BCUT2D eigenvalue weighted by Crippen LogP contribution is 2.52. The lowest BCUT2D eigenvalue weighted by Gasteiger charge is -2.14. The largest absolute Gasteiger partial charge is 0.514 e. The molecule has 1 aliphatic heterocycles. The quantitative estimate of drug-likeness (QED) is 0.806. The van der Waals surface area contributed by atoms with E-state index in [1.807, 2.05) is 0 Å². The predicted octanol–water partition coefficient (Wildman–Crippen LogP) is 3.96. The van der Waals surface area contributed by atoms with Crippen LogP contribution in [-0.2, 0) is 5.66 Å². The minimum Gasteiger partial charge on any atom is -0.514 e. The molecule has 0 amide bonds. The third-order valence-electron chi connectivity index (χ3n) is 2.37. The molecule has 1 heterocycles. The summed E-state index contributed by atoms with van der Waals surface area (Å²) in [6.07, 6.45) is -3.87. The standard InChI is InChI=1S/C10H6ClF3N2O/c11-8(5-17)6-1-3-7(4-2-6)9(15-16-9)10(12,13)14/h1-5,17H/b8-5-. The van der Waals surface area contributed by atoms with E-state index in [9.17, 15) is 13.2 Å². The molecule has 0 saturated heterocycles. The lowest BCUT2D eigenvalue weighted by Crippen LogP contribution is -2.29. The average Bonchev–Trinajstić information content (AvgIpc) is 3.08. The summed E-state index contributed by atoms with van der Waals surface area (Å²) >= 11 is 5.60. The van der Waals surface area contributed by atoms with Crippen LogP contribution < -0.4 is 0 Å². The van der Waals surface area contributed by atoms with E-state index in [0.29, 0.717) is 11.8 Å². The number of alkyl halides is 3. The van der Waals surface area contributed by atoms with E-state index in [0.717, 1.165) is 0 Å². The van der Waals surface area contributed by atoms with Crippen LogP contribution >= 0.6 is 11.6 Å². The molecule has 0 saturated carbocycles. The number of hydrogen-bond donors (Lipinski definition) is 1. The van der Waals surface area contributed by atoms with Gasteiger partial charge in [-0.1, -0.05) is 35.9 Å². The van der Waals surface area contributed by atoms with Gasteiger partial charge < -0.3 is 5.11 Å². The van der Waals surface area contributed by atoms with E-state index in [4.69, 9.17) is 16.7 Å². The monoisotopic (exact) mass is 262 g/mol. The smallest absolute Gasteiger partial charge is 0.442 e. The summed E-state index contributed by atoms with van der Waals surface area (Å²) in [5.41, 5.74) is -2.08. The van der Waals surface area contributed by atoms with Gasteiger partial charge in [0.05, 0.1) is 11.3 Å². The van der Waals surface area contributed by atoms with E-state index in [2.05, 4.69) is 10.2 Å². The first-order valence-corrected chi connectivity index (χ1v) is 4.90. The zero-order chi connectivity index (χ0) is 12.7. The molecule has 7 heteroatoms. The summed E-state index contributed by atoms with van der Waals surface area (Å²) in [7, 11) is 0. The van der Waals surface area contributed by atoms with Crippen LogP contribution in [0.15, 0.2) is 40.8 Å². The molecule has 1 N–H and O–H groups in total. The molecule has 0 spiro atoms. The highest BCUT2D eigenvalue weighted by atomic mass is 35.5. The molecule has 0 unspecified atom stereocenters. The fourth-order valence-corrected chi connectivity index (χ4v) is 1.50. The zero-order valence-corrected chi connectivity index (χ0v) is 9.00. The van der Waals surface area contributed by atoms with Crippen LogP contribution in [0.25, 0.3) is 5.03 Å². The van der Waals surface area contributed by atoms with Crippen LogP contribution in [0.1, 0.15) is 11.1 Å². The van der Waals surface area contributed by atoms with Gasteiger partial charge in [-0.3, -0.25) is 0 Å². The third-order valence-corrected chi connectivity index (χ3v) is 2.69. The number of hydrogen-bond acceptors (Lipinski definition) is 3. The van der Waals surface area contributed by atoms with Crippen molar-refractivity contribution in [3.63, 3.8) is 0 Å². The van der Waals surface area contributed by atoms with Crippen molar-refractivity contribution in [2.75, 3.05) is 0 Å². The van der Waals surface area contributed by atoms with E-state index < -0.39 is 11.8 Å². The fraction of sp³-hybridized carbons (Fsp3) is 0.200. The van der Waals surface area contributed by atoms with Crippen LogP contribution in [0, 0.1) is 0 Å². The Morgan fingerprint density at radius 2 is 1.76 bits per heavy atom. The number of halogens is 4. The molecule has 0 bridgehead atoms. The maximum Gasteiger partial charge on any atom is 0.442 e. The maximum absolute atomic E-state index is 12.6. The second-order valence-electron chi connectivity index (χ2n) is 3.42. The van der Waals surface area contributed by atoms with E-state index >= 15 is 0 Å². The zero-order valence-electron chi connectivity index (χ0n) is 8.24. The van der Waals surface area contributed by atoms with Gasteiger partial charge in [-0.25, -0.2) is 0 Å². The van der Waals surface area contributed by atoms with Gasteiger partial charge in [0, 0.05) is 5.56 Å². The van der Waals surface area contributed by atoms with Crippen LogP contribution in [0.2, 0.25) is 0 Å². The minimum atomic E-state index is -4.54. The molecule has 3 nitrogen and oxygen atoms in total. The lowest BCUT2D eigenvalue weighted by atomic mass is 10.0. The summed E-state index contributed by atoms with van der Waals surface area (Å²) < 4.78 is 37.9. The highest BCUT2D eigenvalue weighted by molar-refractivity contribution is 6.48. The number of aliphatic hydroxyl groups excluding tert-OH is 1. The second-order valence-corrected chi connectivity index (χ2v) is 3.83. The molecule has 1 aromatic rings. The molecule has 17 heavy (non-hydrogen) atoms. The Hall–Kier alpha value is -1.56. The second kappa shape index (κ2) is 3.73. The van der Waals surface area contributed by atoms with Crippen molar-refractivity contribution >= 4 is 16.6 Å². The van der Waals surface area contributed by atoms with Crippen molar-refractivity contribution < 1.29 is 18.3 Å². The molecule has 0 aliphatic carbocycles. The van der Waals surface area contributed by atoms with Gasteiger partial charge in [0.2, 0.25) is 0 Å². The summed E-state index contributed by atoms with van der Waals surface area (Å²) in [5, 5.41) is 14.8. The van der Waals surface area contributed by atoms with E-state index in [1.165, 1.54) is 24.3 Å². The molecule has 1 aliphatic rings.